The number of aromatic nitrogens is 2. The average molecular weight is 372 g/mol. The molecule has 0 spiro atoms. The van der Waals surface area contributed by atoms with E-state index in [1.807, 2.05) is 32.0 Å². The summed E-state index contributed by atoms with van der Waals surface area (Å²) in [5, 5.41) is 7.87. The van der Waals surface area contributed by atoms with Crippen LogP contribution in [-0.2, 0) is 6.54 Å². The summed E-state index contributed by atoms with van der Waals surface area (Å²) in [5.74, 6) is -0.456. The predicted octanol–water partition coefficient (Wildman–Crippen LogP) is 4.72. The Balaban J connectivity index is 1.85. The summed E-state index contributed by atoms with van der Waals surface area (Å²) < 4.78 is 14.9. The molecule has 1 heterocycles. The molecule has 134 valence electrons. The second kappa shape index (κ2) is 7.70. The van der Waals surface area contributed by atoms with E-state index in [0.29, 0.717) is 22.8 Å². The highest BCUT2D eigenvalue weighted by Crippen LogP contribution is 2.23. The van der Waals surface area contributed by atoms with Crippen molar-refractivity contribution in [3.63, 3.8) is 0 Å². The summed E-state index contributed by atoms with van der Waals surface area (Å²) in [6.45, 7) is 4.36. The van der Waals surface area contributed by atoms with Crippen LogP contribution >= 0.6 is 11.6 Å². The predicted molar refractivity (Wildman–Crippen MR) is 100 cm³/mol. The number of carbonyl (C=O) groups excluding carboxylic acids is 1. The number of halogens is 2. The van der Waals surface area contributed by atoms with Crippen molar-refractivity contribution in [3.8, 4) is 5.69 Å². The summed E-state index contributed by atoms with van der Waals surface area (Å²) in [5.41, 5.74) is 2.92. The lowest BCUT2D eigenvalue weighted by Crippen LogP contribution is -2.24. The van der Waals surface area contributed by atoms with Gasteiger partial charge in [-0.25, -0.2) is 9.07 Å². The first-order chi connectivity index (χ1) is 12.5. The minimum Gasteiger partial charge on any atom is -0.348 e. The molecule has 3 rings (SSSR count). The van der Waals surface area contributed by atoms with Crippen LogP contribution in [0.5, 0.6) is 0 Å². The summed E-state index contributed by atoms with van der Waals surface area (Å²) in [6, 6.07) is 13.4. The number of hydrogen-bond acceptors (Lipinski definition) is 2. The normalized spacial score (nSPS) is 11.0. The van der Waals surface area contributed by atoms with E-state index in [1.165, 1.54) is 12.1 Å². The van der Waals surface area contributed by atoms with Crippen LogP contribution in [0.15, 0.2) is 54.7 Å². The Morgan fingerprint density at radius 3 is 2.62 bits per heavy atom. The van der Waals surface area contributed by atoms with Gasteiger partial charge in [0.15, 0.2) is 0 Å². The Hall–Kier alpha value is -2.66. The maximum atomic E-state index is 13.2. The fraction of sp³-hybridized carbons (Fsp3) is 0.200. The van der Waals surface area contributed by atoms with E-state index in [-0.39, 0.29) is 17.6 Å². The number of nitrogens with one attached hydrogen (secondary N) is 1. The lowest BCUT2D eigenvalue weighted by molar-refractivity contribution is 0.0949. The van der Waals surface area contributed by atoms with Gasteiger partial charge in [-0.1, -0.05) is 37.6 Å². The Bertz CT molecular complexity index is 919. The largest absolute Gasteiger partial charge is 0.348 e. The van der Waals surface area contributed by atoms with Crippen LogP contribution in [0, 0.1) is 5.82 Å². The lowest BCUT2D eigenvalue weighted by Gasteiger charge is -2.13. The van der Waals surface area contributed by atoms with Crippen LogP contribution in [-0.4, -0.2) is 15.7 Å². The molecule has 0 saturated carbocycles. The molecular formula is C20H19ClFN3O. The molecular weight excluding hydrogens is 353 g/mol. The molecule has 0 aliphatic heterocycles. The number of amides is 1. The SMILES string of the molecule is CC(C)c1c(C(=O)NCc2cccc(Cl)c2)cnn1-c1ccc(F)cc1. The Kier molecular flexibility index (Phi) is 5.38. The van der Waals surface area contributed by atoms with E-state index in [1.54, 1.807) is 29.1 Å². The number of carbonyl (C=O) groups is 1. The maximum absolute atomic E-state index is 13.2. The van der Waals surface area contributed by atoms with Crippen LogP contribution in [0.2, 0.25) is 5.02 Å². The first-order valence-corrected chi connectivity index (χ1v) is 8.70. The zero-order chi connectivity index (χ0) is 18.7. The van der Waals surface area contributed by atoms with E-state index in [9.17, 15) is 9.18 Å². The van der Waals surface area contributed by atoms with E-state index < -0.39 is 0 Å². The average Bonchev–Trinajstić information content (AvgIpc) is 3.06. The van der Waals surface area contributed by atoms with Gasteiger partial charge in [0.1, 0.15) is 5.82 Å². The fourth-order valence-corrected chi connectivity index (χ4v) is 3.01. The third-order valence-corrected chi connectivity index (χ3v) is 4.25. The Labute approximate surface area is 156 Å². The summed E-state index contributed by atoms with van der Waals surface area (Å²) in [7, 11) is 0. The van der Waals surface area contributed by atoms with Crippen LogP contribution in [0.4, 0.5) is 4.39 Å². The number of hydrogen-bond donors (Lipinski definition) is 1. The molecule has 2 aromatic carbocycles. The molecule has 4 nitrogen and oxygen atoms in total. The minimum atomic E-state index is -0.313. The molecule has 0 aliphatic rings. The van der Waals surface area contributed by atoms with E-state index >= 15 is 0 Å². The molecule has 0 aliphatic carbocycles. The minimum absolute atomic E-state index is 0.0643. The molecule has 1 aromatic heterocycles. The summed E-state index contributed by atoms with van der Waals surface area (Å²) in [6.07, 6.45) is 1.55. The molecule has 6 heteroatoms. The molecule has 0 atom stereocenters. The summed E-state index contributed by atoms with van der Waals surface area (Å²) in [4.78, 5) is 12.7. The van der Waals surface area contributed by atoms with Crippen molar-refractivity contribution >= 4 is 17.5 Å². The fourth-order valence-electron chi connectivity index (χ4n) is 2.80. The zero-order valence-corrected chi connectivity index (χ0v) is 15.3. The van der Waals surface area contributed by atoms with Crippen LogP contribution < -0.4 is 5.32 Å². The molecule has 0 bridgehead atoms. The van der Waals surface area contributed by atoms with Crippen molar-refractivity contribution in [3.05, 3.63) is 82.4 Å². The highest BCUT2D eigenvalue weighted by Gasteiger charge is 2.20. The van der Waals surface area contributed by atoms with E-state index in [2.05, 4.69) is 10.4 Å². The second-order valence-corrected chi connectivity index (χ2v) is 6.74. The highest BCUT2D eigenvalue weighted by molar-refractivity contribution is 6.30. The van der Waals surface area contributed by atoms with Gasteiger partial charge < -0.3 is 5.32 Å². The molecule has 1 N–H and O–H groups in total. The van der Waals surface area contributed by atoms with Gasteiger partial charge in [0.25, 0.3) is 5.91 Å². The molecule has 26 heavy (non-hydrogen) atoms. The van der Waals surface area contributed by atoms with E-state index in [4.69, 9.17) is 11.6 Å². The van der Waals surface area contributed by atoms with Gasteiger partial charge >= 0.3 is 0 Å². The smallest absolute Gasteiger partial charge is 0.255 e. The highest BCUT2D eigenvalue weighted by atomic mass is 35.5. The van der Waals surface area contributed by atoms with E-state index in [0.717, 1.165) is 11.3 Å². The molecule has 0 unspecified atom stereocenters. The molecule has 0 fully saturated rings. The van der Waals surface area contributed by atoms with Crippen molar-refractivity contribution in [2.24, 2.45) is 0 Å². The zero-order valence-electron chi connectivity index (χ0n) is 14.5. The Morgan fingerprint density at radius 1 is 1.23 bits per heavy atom. The third kappa shape index (κ3) is 3.94. The monoisotopic (exact) mass is 371 g/mol. The quantitative estimate of drug-likeness (QED) is 0.705. The third-order valence-electron chi connectivity index (χ3n) is 4.01. The maximum Gasteiger partial charge on any atom is 0.255 e. The van der Waals surface area contributed by atoms with Crippen LogP contribution in [0.25, 0.3) is 5.69 Å². The first-order valence-electron chi connectivity index (χ1n) is 8.32. The number of nitrogens with zero attached hydrogens (tertiary/aromatic N) is 2. The van der Waals surface area contributed by atoms with Crippen LogP contribution in [0.3, 0.4) is 0 Å². The number of benzene rings is 2. The second-order valence-electron chi connectivity index (χ2n) is 6.30. The topological polar surface area (TPSA) is 46.9 Å². The van der Waals surface area contributed by atoms with Crippen molar-refractivity contribution in [1.29, 1.82) is 0 Å². The van der Waals surface area contributed by atoms with Crippen molar-refractivity contribution in [2.45, 2.75) is 26.3 Å². The van der Waals surface area contributed by atoms with Gasteiger partial charge in [0, 0.05) is 11.6 Å². The van der Waals surface area contributed by atoms with Gasteiger partial charge in [-0.3, -0.25) is 4.79 Å². The van der Waals surface area contributed by atoms with Crippen LogP contribution in [0.1, 0.15) is 41.4 Å². The van der Waals surface area contributed by atoms with Crippen molar-refractivity contribution in [1.82, 2.24) is 15.1 Å². The summed E-state index contributed by atoms with van der Waals surface area (Å²) >= 11 is 5.97. The molecule has 3 aromatic rings. The van der Waals surface area contributed by atoms with Crippen molar-refractivity contribution < 1.29 is 9.18 Å². The first kappa shape index (κ1) is 18.1. The standard InChI is InChI=1S/C20H19ClFN3O/c1-13(2)19-18(12-24-25(19)17-8-6-16(22)7-9-17)20(26)23-11-14-4-3-5-15(21)10-14/h3-10,12-13H,11H2,1-2H3,(H,23,26). The molecule has 0 radical (unpaired) electrons. The Morgan fingerprint density at radius 2 is 1.96 bits per heavy atom. The molecule has 0 saturated heterocycles. The van der Waals surface area contributed by atoms with Crippen molar-refractivity contribution in [2.75, 3.05) is 0 Å². The lowest BCUT2D eigenvalue weighted by atomic mass is 10.0. The number of rotatable bonds is 5. The van der Waals surface area contributed by atoms with Gasteiger partial charge in [-0.05, 0) is 47.9 Å². The molecule has 1 amide bonds. The van der Waals surface area contributed by atoms with Gasteiger partial charge in [0.2, 0.25) is 0 Å². The van der Waals surface area contributed by atoms with Gasteiger partial charge in [-0.2, -0.15) is 5.10 Å². The van der Waals surface area contributed by atoms with Gasteiger partial charge in [-0.15, -0.1) is 0 Å². The van der Waals surface area contributed by atoms with Gasteiger partial charge in [0.05, 0.1) is 23.1 Å².